The summed E-state index contributed by atoms with van der Waals surface area (Å²) in [5.41, 5.74) is 0.468. The topological polar surface area (TPSA) is 124 Å². The van der Waals surface area contributed by atoms with Crippen LogP contribution in [0, 0.1) is 10.1 Å². The molecule has 0 saturated carbocycles. The lowest BCUT2D eigenvalue weighted by molar-refractivity contribution is -0.384. The first-order valence-corrected chi connectivity index (χ1v) is 10.5. The van der Waals surface area contributed by atoms with Gasteiger partial charge in [0.05, 0.1) is 36.5 Å². The van der Waals surface area contributed by atoms with Gasteiger partial charge in [0.2, 0.25) is 0 Å². The highest BCUT2D eigenvalue weighted by atomic mass is 32.2. The van der Waals surface area contributed by atoms with Crippen LogP contribution in [0.2, 0.25) is 0 Å². The lowest BCUT2D eigenvalue weighted by atomic mass is 10.1. The number of hydrogen-bond donors (Lipinski definition) is 1. The maximum absolute atomic E-state index is 13.0. The van der Waals surface area contributed by atoms with E-state index in [1.807, 2.05) is 4.90 Å². The maximum Gasteiger partial charge on any atom is 0.351 e. The number of amides is 1. The Morgan fingerprint density at radius 3 is 2.72 bits per heavy atom. The van der Waals surface area contributed by atoms with Crippen LogP contribution in [0.25, 0.3) is 0 Å². The monoisotopic (exact) mass is 438 g/mol. The minimum absolute atomic E-state index is 0.0654. The molecule has 0 radical (unpaired) electrons. The van der Waals surface area contributed by atoms with E-state index < -0.39 is 16.8 Å². The number of morpholine rings is 1. The second-order valence-corrected chi connectivity index (χ2v) is 7.92. The SMILES string of the molecule is COC(=O)c1sc(SC)nc1NC(=O)c1cc([N+](=O)[O-])ccc1N1CCOCC1. The van der Waals surface area contributed by atoms with Crippen molar-refractivity contribution in [1.29, 1.82) is 0 Å². The average molecular weight is 438 g/mol. The van der Waals surface area contributed by atoms with Crippen LogP contribution < -0.4 is 10.2 Å². The van der Waals surface area contributed by atoms with Crippen molar-refractivity contribution in [1.82, 2.24) is 4.98 Å². The molecule has 0 spiro atoms. The van der Waals surface area contributed by atoms with Gasteiger partial charge >= 0.3 is 5.97 Å². The van der Waals surface area contributed by atoms with Gasteiger partial charge in [-0.3, -0.25) is 14.9 Å². The van der Waals surface area contributed by atoms with Crippen molar-refractivity contribution in [3.05, 3.63) is 38.8 Å². The number of carbonyl (C=O) groups is 2. The number of nitrogens with one attached hydrogen (secondary N) is 1. The Bertz CT molecular complexity index is 942. The Morgan fingerprint density at radius 2 is 2.10 bits per heavy atom. The summed E-state index contributed by atoms with van der Waals surface area (Å²) >= 11 is 2.42. The van der Waals surface area contributed by atoms with E-state index in [0.29, 0.717) is 36.3 Å². The minimum atomic E-state index is -0.620. The zero-order chi connectivity index (χ0) is 21.0. The summed E-state index contributed by atoms with van der Waals surface area (Å²) in [4.78, 5) is 42.0. The van der Waals surface area contributed by atoms with Crippen LogP contribution in [0.15, 0.2) is 22.5 Å². The van der Waals surface area contributed by atoms with Gasteiger partial charge in [-0.1, -0.05) is 23.1 Å². The molecule has 12 heteroatoms. The molecule has 1 N–H and O–H groups in total. The molecule has 1 amide bonds. The Labute approximate surface area is 174 Å². The van der Waals surface area contributed by atoms with Gasteiger partial charge in [-0.05, 0) is 12.3 Å². The molecule has 2 heterocycles. The molecular formula is C17H18N4O6S2. The number of thioether (sulfide) groups is 1. The highest BCUT2D eigenvalue weighted by Crippen LogP contribution is 2.32. The van der Waals surface area contributed by atoms with Gasteiger partial charge in [0.1, 0.15) is 0 Å². The number of nitrogens with zero attached hydrogens (tertiary/aromatic N) is 3. The summed E-state index contributed by atoms with van der Waals surface area (Å²) < 4.78 is 10.7. The molecule has 10 nitrogen and oxygen atoms in total. The number of aromatic nitrogens is 1. The Kier molecular flexibility index (Phi) is 6.67. The van der Waals surface area contributed by atoms with E-state index in [4.69, 9.17) is 9.47 Å². The summed E-state index contributed by atoms with van der Waals surface area (Å²) in [5.74, 6) is -1.15. The average Bonchev–Trinajstić information content (AvgIpc) is 3.16. The number of hydrogen-bond acceptors (Lipinski definition) is 10. The van der Waals surface area contributed by atoms with E-state index in [2.05, 4.69) is 10.3 Å². The number of methoxy groups -OCH3 is 1. The van der Waals surface area contributed by atoms with Crippen molar-refractivity contribution >= 4 is 52.2 Å². The van der Waals surface area contributed by atoms with Gasteiger partial charge in [-0.15, -0.1) is 0 Å². The summed E-state index contributed by atoms with van der Waals surface area (Å²) in [6.45, 7) is 2.10. The molecule has 0 bridgehead atoms. The molecule has 29 heavy (non-hydrogen) atoms. The smallest absolute Gasteiger partial charge is 0.351 e. The molecule has 3 rings (SSSR count). The second kappa shape index (κ2) is 9.20. The normalized spacial score (nSPS) is 13.8. The number of anilines is 2. The van der Waals surface area contributed by atoms with Crippen LogP contribution >= 0.6 is 23.1 Å². The number of ether oxygens (including phenoxy) is 2. The zero-order valence-electron chi connectivity index (χ0n) is 15.7. The van der Waals surface area contributed by atoms with Crippen molar-refractivity contribution in [2.75, 3.05) is 49.9 Å². The fraction of sp³-hybridized carbons (Fsp3) is 0.353. The predicted octanol–water partition coefficient (Wildman–Crippen LogP) is 2.65. The van der Waals surface area contributed by atoms with Crippen molar-refractivity contribution in [3.63, 3.8) is 0 Å². The number of carbonyl (C=O) groups excluding carboxylic acids is 2. The van der Waals surface area contributed by atoms with Crippen LogP contribution in [-0.2, 0) is 9.47 Å². The summed E-state index contributed by atoms with van der Waals surface area (Å²) in [7, 11) is 1.24. The van der Waals surface area contributed by atoms with E-state index >= 15 is 0 Å². The van der Waals surface area contributed by atoms with E-state index in [0.717, 1.165) is 11.3 Å². The Morgan fingerprint density at radius 1 is 1.38 bits per heavy atom. The molecule has 1 fully saturated rings. The first kappa shape index (κ1) is 21.0. The van der Waals surface area contributed by atoms with Crippen LogP contribution in [0.3, 0.4) is 0 Å². The van der Waals surface area contributed by atoms with E-state index in [-0.39, 0.29) is 21.9 Å². The fourth-order valence-corrected chi connectivity index (χ4v) is 4.22. The number of rotatable bonds is 6. The van der Waals surface area contributed by atoms with E-state index in [9.17, 15) is 19.7 Å². The highest BCUT2D eigenvalue weighted by Gasteiger charge is 2.25. The van der Waals surface area contributed by atoms with Crippen molar-refractivity contribution < 1.29 is 24.0 Å². The standard InChI is InChI=1S/C17H18N4O6S2/c1-26-16(23)13-14(19-17(28-2)29-13)18-15(22)11-9-10(21(24)25)3-4-12(11)20-5-7-27-8-6-20/h3-4,9H,5-8H2,1-2H3,(H,18,22). The number of non-ortho nitro benzene ring substituents is 1. The largest absolute Gasteiger partial charge is 0.465 e. The third-order valence-corrected chi connectivity index (χ3v) is 6.19. The van der Waals surface area contributed by atoms with E-state index in [1.54, 1.807) is 12.3 Å². The van der Waals surface area contributed by atoms with Gasteiger partial charge in [0.15, 0.2) is 15.0 Å². The number of nitro benzene ring substituents is 1. The third kappa shape index (κ3) is 4.66. The quantitative estimate of drug-likeness (QED) is 0.314. The fourth-order valence-electron chi connectivity index (χ4n) is 2.78. The van der Waals surface area contributed by atoms with Crippen molar-refractivity contribution in [3.8, 4) is 0 Å². The first-order chi connectivity index (χ1) is 13.9. The van der Waals surface area contributed by atoms with Gasteiger partial charge in [-0.2, -0.15) is 0 Å². The lowest BCUT2D eigenvalue weighted by Gasteiger charge is -2.30. The molecule has 1 aromatic carbocycles. The summed E-state index contributed by atoms with van der Waals surface area (Å²) in [6, 6.07) is 4.13. The predicted molar refractivity (Wildman–Crippen MR) is 109 cm³/mol. The van der Waals surface area contributed by atoms with Gasteiger partial charge in [0.25, 0.3) is 11.6 Å². The van der Waals surface area contributed by atoms with Crippen molar-refractivity contribution in [2.24, 2.45) is 0 Å². The van der Waals surface area contributed by atoms with Crippen molar-refractivity contribution in [2.45, 2.75) is 4.34 Å². The minimum Gasteiger partial charge on any atom is -0.465 e. The summed E-state index contributed by atoms with van der Waals surface area (Å²) in [6.07, 6.45) is 1.79. The summed E-state index contributed by atoms with van der Waals surface area (Å²) in [5, 5.41) is 13.8. The first-order valence-electron chi connectivity index (χ1n) is 8.50. The third-order valence-electron chi connectivity index (χ3n) is 4.17. The Hall–Kier alpha value is -2.70. The van der Waals surface area contributed by atoms with Gasteiger partial charge in [0, 0.05) is 25.2 Å². The van der Waals surface area contributed by atoms with E-state index in [1.165, 1.54) is 31.0 Å². The molecule has 2 aromatic rings. The highest BCUT2D eigenvalue weighted by molar-refractivity contribution is 8.00. The molecule has 0 aliphatic carbocycles. The van der Waals surface area contributed by atoms with Gasteiger partial charge < -0.3 is 19.7 Å². The number of thiazole rings is 1. The Balaban J connectivity index is 1.97. The zero-order valence-corrected chi connectivity index (χ0v) is 17.3. The number of benzene rings is 1. The van der Waals surface area contributed by atoms with Crippen LogP contribution in [0.4, 0.5) is 17.2 Å². The molecule has 154 valence electrons. The molecule has 1 aliphatic heterocycles. The number of esters is 1. The second-order valence-electron chi connectivity index (χ2n) is 5.87. The molecule has 1 aromatic heterocycles. The molecule has 1 saturated heterocycles. The molecule has 0 atom stereocenters. The van der Waals surface area contributed by atoms with Crippen LogP contribution in [0.5, 0.6) is 0 Å². The molecule has 0 unspecified atom stereocenters. The van der Waals surface area contributed by atoms with Crippen LogP contribution in [-0.4, -0.2) is 61.5 Å². The van der Waals surface area contributed by atoms with Gasteiger partial charge in [-0.25, -0.2) is 9.78 Å². The maximum atomic E-state index is 13.0. The lowest BCUT2D eigenvalue weighted by Crippen LogP contribution is -2.37. The molecular weight excluding hydrogens is 420 g/mol. The van der Waals surface area contributed by atoms with Crippen LogP contribution in [0.1, 0.15) is 20.0 Å². The molecule has 1 aliphatic rings. The number of nitro groups is 1.